The van der Waals surface area contributed by atoms with Gasteiger partial charge in [-0.25, -0.2) is 4.79 Å². The highest BCUT2D eigenvalue weighted by Gasteiger charge is 2.09. The molecule has 0 N–H and O–H groups in total. The second-order valence-electron chi connectivity index (χ2n) is 3.79. The Bertz CT molecular complexity index is 623. The van der Waals surface area contributed by atoms with Crippen molar-refractivity contribution in [3.63, 3.8) is 0 Å². The average molecular weight is 274 g/mol. The number of esters is 1. The van der Waals surface area contributed by atoms with Crippen LogP contribution in [-0.2, 0) is 4.74 Å². The maximum atomic E-state index is 11.6. The van der Waals surface area contributed by atoms with Crippen molar-refractivity contribution in [2.45, 2.75) is 0 Å². The van der Waals surface area contributed by atoms with E-state index in [1.165, 1.54) is 7.11 Å². The summed E-state index contributed by atoms with van der Waals surface area (Å²) in [7, 11) is 1.35. The minimum Gasteiger partial charge on any atom is -0.465 e. The van der Waals surface area contributed by atoms with Gasteiger partial charge in [0.15, 0.2) is 0 Å². The van der Waals surface area contributed by atoms with Crippen LogP contribution in [0.15, 0.2) is 53.5 Å². The van der Waals surface area contributed by atoms with E-state index in [0.29, 0.717) is 21.8 Å². The van der Waals surface area contributed by atoms with Crippen LogP contribution in [0.25, 0.3) is 0 Å². The van der Waals surface area contributed by atoms with Gasteiger partial charge in [-0.15, -0.1) is 0 Å². The molecule has 4 heteroatoms. The van der Waals surface area contributed by atoms with Gasteiger partial charge in [-0.3, -0.25) is 4.99 Å². The first-order valence-electron chi connectivity index (χ1n) is 5.68. The summed E-state index contributed by atoms with van der Waals surface area (Å²) in [4.78, 5) is 15.9. The molecule has 0 aromatic heterocycles. The number of hydrogen-bond donors (Lipinski definition) is 0. The number of benzene rings is 2. The minimum absolute atomic E-state index is 0.388. The summed E-state index contributed by atoms with van der Waals surface area (Å²) >= 11 is 6.01. The first-order valence-corrected chi connectivity index (χ1v) is 6.06. The number of carbonyl (C=O) groups is 1. The van der Waals surface area contributed by atoms with Crippen molar-refractivity contribution in [2.75, 3.05) is 7.11 Å². The Kier molecular flexibility index (Phi) is 4.31. The lowest BCUT2D eigenvalue weighted by Gasteiger charge is -2.03. The number of hydrogen-bond acceptors (Lipinski definition) is 3. The lowest BCUT2D eigenvalue weighted by atomic mass is 10.1. The van der Waals surface area contributed by atoms with E-state index in [1.807, 2.05) is 18.2 Å². The molecule has 0 amide bonds. The zero-order chi connectivity index (χ0) is 13.7. The first-order chi connectivity index (χ1) is 9.22. The molecule has 0 radical (unpaired) electrons. The van der Waals surface area contributed by atoms with Gasteiger partial charge in [-0.05, 0) is 18.2 Å². The van der Waals surface area contributed by atoms with Gasteiger partial charge in [0, 0.05) is 11.8 Å². The normalized spacial score (nSPS) is 10.6. The lowest BCUT2D eigenvalue weighted by molar-refractivity contribution is 0.0600. The second kappa shape index (κ2) is 6.16. The second-order valence-corrected chi connectivity index (χ2v) is 4.20. The standard InChI is InChI=1S/C15H12ClNO2/c1-19-15(18)12-7-3-2-6-11(12)10-17-14-9-5-4-8-13(14)16/h2-10H,1H3/b17-10-. The monoisotopic (exact) mass is 273 g/mol. The Morgan fingerprint density at radius 3 is 2.58 bits per heavy atom. The molecular formula is C15H12ClNO2. The molecule has 0 saturated heterocycles. The van der Waals surface area contributed by atoms with Crippen molar-refractivity contribution < 1.29 is 9.53 Å². The number of rotatable bonds is 3. The summed E-state index contributed by atoms with van der Waals surface area (Å²) in [6, 6.07) is 14.4. The van der Waals surface area contributed by atoms with Crippen molar-refractivity contribution in [1.82, 2.24) is 0 Å². The van der Waals surface area contributed by atoms with E-state index in [0.717, 1.165) is 0 Å². The average Bonchev–Trinajstić information content (AvgIpc) is 2.46. The van der Waals surface area contributed by atoms with Gasteiger partial charge in [0.05, 0.1) is 23.4 Å². The fourth-order valence-corrected chi connectivity index (χ4v) is 1.79. The van der Waals surface area contributed by atoms with Crippen LogP contribution in [-0.4, -0.2) is 19.3 Å². The number of para-hydroxylation sites is 1. The maximum Gasteiger partial charge on any atom is 0.338 e. The number of methoxy groups -OCH3 is 1. The highest BCUT2D eigenvalue weighted by Crippen LogP contribution is 2.23. The van der Waals surface area contributed by atoms with Gasteiger partial charge < -0.3 is 4.74 Å². The summed E-state index contributed by atoms with van der Waals surface area (Å²) in [5.74, 6) is -0.388. The van der Waals surface area contributed by atoms with E-state index < -0.39 is 0 Å². The molecular weight excluding hydrogens is 262 g/mol. The third-order valence-electron chi connectivity index (χ3n) is 2.56. The van der Waals surface area contributed by atoms with Crippen LogP contribution < -0.4 is 0 Å². The Labute approximate surface area is 116 Å². The summed E-state index contributed by atoms with van der Waals surface area (Å²) < 4.78 is 4.73. The van der Waals surface area contributed by atoms with Gasteiger partial charge >= 0.3 is 5.97 Å². The molecule has 0 atom stereocenters. The molecule has 0 heterocycles. The summed E-state index contributed by atoms with van der Waals surface area (Å²) in [5, 5.41) is 0.564. The predicted molar refractivity (Wildman–Crippen MR) is 76.5 cm³/mol. The molecule has 0 saturated carbocycles. The summed E-state index contributed by atoms with van der Waals surface area (Å²) in [6.07, 6.45) is 1.60. The quantitative estimate of drug-likeness (QED) is 0.629. The summed E-state index contributed by atoms with van der Waals surface area (Å²) in [6.45, 7) is 0. The molecule has 0 bridgehead atoms. The number of carbonyl (C=O) groups excluding carboxylic acids is 1. The molecule has 3 nitrogen and oxygen atoms in total. The largest absolute Gasteiger partial charge is 0.465 e. The number of halogens is 1. The molecule has 0 aliphatic heterocycles. The molecule has 0 aliphatic carbocycles. The predicted octanol–water partition coefficient (Wildman–Crippen LogP) is 3.88. The molecule has 0 fully saturated rings. The van der Waals surface area contributed by atoms with Crippen molar-refractivity contribution in [1.29, 1.82) is 0 Å². The van der Waals surface area contributed by atoms with Gasteiger partial charge in [0.2, 0.25) is 0 Å². The highest BCUT2D eigenvalue weighted by atomic mass is 35.5. The van der Waals surface area contributed by atoms with Crippen molar-refractivity contribution in [3.8, 4) is 0 Å². The Morgan fingerprint density at radius 1 is 1.16 bits per heavy atom. The van der Waals surface area contributed by atoms with Gasteiger partial charge in [-0.2, -0.15) is 0 Å². The maximum absolute atomic E-state index is 11.6. The van der Waals surface area contributed by atoms with Crippen LogP contribution in [0.5, 0.6) is 0 Å². The number of aliphatic imine (C=N–C) groups is 1. The van der Waals surface area contributed by atoms with Gasteiger partial charge in [0.25, 0.3) is 0 Å². The summed E-state index contributed by atoms with van der Waals surface area (Å²) in [5.41, 5.74) is 1.82. The fourth-order valence-electron chi connectivity index (χ4n) is 1.60. The Hall–Kier alpha value is -2.13. The first kappa shape index (κ1) is 13.3. The number of ether oxygens (including phenoxy) is 1. The van der Waals surface area contributed by atoms with E-state index in [4.69, 9.17) is 16.3 Å². The Balaban J connectivity index is 2.34. The molecule has 2 aromatic carbocycles. The van der Waals surface area contributed by atoms with Crippen LogP contribution in [0.1, 0.15) is 15.9 Å². The Morgan fingerprint density at radius 2 is 1.84 bits per heavy atom. The van der Waals surface area contributed by atoms with E-state index in [1.54, 1.807) is 36.5 Å². The van der Waals surface area contributed by atoms with Gasteiger partial charge in [0.1, 0.15) is 0 Å². The molecule has 19 heavy (non-hydrogen) atoms. The van der Waals surface area contributed by atoms with Crippen LogP contribution in [0.4, 0.5) is 5.69 Å². The van der Waals surface area contributed by atoms with Crippen molar-refractivity contribution in [3.05, 3.63) is 64.7 Å². The minimum atomic E-state index is -0.388. The smallest absolute Gasteiger partial charge is 0.338 e. The van der Waals surface area contributed by atoms with Crippen LogP contribution in [0.3, 0.4) is 0 Å². The highest BCUT2D eigenvalue weighted by molar-refractivity contribution is 6.33. The molecule has 0 aliphatic rings. The van der Waals surface area contributed by atoms with E-state index in [2.05, 4.69) is 4.99 Å². The molecule has 2 rings (SSSR count). The molecule has 0 unspecified atom stereocenters. The molecule has 0 spiro atoms. The van der Waals surface area contributed by atoms with Crippen molar-refractivity contribution >= 4 is 29.5 Å². The van der Waals surface area contributed by atoms with Crippen LogP contribution in [0, 0.1) is 0 Å². The third kappa shape index (κ3) is 3.20. The molecule has 2 aromatic rings. The lowest BCUT2D eigenvalue weighted by Crippen LogP contribution is -2.04. The van der Waals surface area contributed by atoms with Crippen LogP contribution in [0.2, 0.25) is 5.02 Å². The number of nitrogens with zero attached hydrogens (tertiary/aromatic N) is 1. The van der Waals surface area contributed by atoms with E-state index in [-0.39, 0.29) is 5.97 Å². The topological polar surface area (TPSA) is 38.7 Å². The zero-order valence-corrected chi connectivity index (χ0v) is 11.1. The van der Waals surface area contributed by atoms with E-state index in [9.17, 15) is 4.79 Å². The SMILES string of the molecule is COC(=O)c1ccccc1/C=N\c1ccccc1Cl. The molecule has 96 valence electrons. The van der Waals surface area contributed by atoms with Crippen molar-refractivity contribution in [2.24, 2.45) is 4.99 Å². The third-order valence-corrected chi connectivity index (χ3v) is 2.88. The van der Waals surface area contributed by atoms with Crippen LogP contribution >= 0.6 is 11.6 Å². The van der Waals surface area contributed by atoms with Gasteiger partial charge in [-0.1, -0.05) is 41.9 Å². The van der Waals surface area contributed by atoms with E-state index >= 15 is 0 Å². The zero-order valence-electron chi connectivity index (χ0n) is 10.3. The fraction of sp³-hybridized carbons (Fsp3) is 0.0667.